The Morgan fingerprint density at radius 1 is 1.33 bits per heavy atom. The van der Waals surface area contributed by atoms with E-state index >= 15 is 0 Å². The highest BCUT2D eigenvalue weighted by Gasteiger charge is 2.37. The van der Waals surface area contributed by atoms with Crippen molar-refractivity contribution in [2.24, 2.45) is 0 Å². The SMILES string of the molecule is C=CCC(CC=C)(NC(C)=O)C(=O)OC. The van der Waals surface area contributed by atoms with E-state index in [1.54, 1.807) is 12.2 Å². The highest BCUT2D eigenvalue weighted by Crippen LogP contribution is 2.18. The van der Waals surface area contributed by atoms with E-state index in [-0.39, 0.29) is 5.91 Å². The summed E-state index contributed by atoms with van der Waals surface area (Å²) in [5, 5.41) is 2.59. The molecule has 0 aromatic rings. The molecule has 4 nitrogen and oxygen atoms in total. The number of hydrogen-bond acceptors (Lipinski definition) is 3. The third-order valence-corrected chi connectivity index (χ3v) is 1.98. The van der Waals surface area contributed by atoms with Gasteiger partial charge in [-0.1, -0.05) is 12.2 Å². The average Bonchev–Trinajstić information content (AvgIpc) is 2.16. The Kier molecular flexibility index (Phi) is 5.37. The number of amides is 1. The molecule has 0 atom stereocenters. The van der Waals surface area contributed by atoms with Crippen LogP contribution < -0.4 is 5.32 Å². The van der Waals surface area contributed by atoms with Gasteiger partial charge < -0.3 is 10.1 Å². The minimum Gasteiger partial charge on any atom is -0.467 e. The molecule has 0 radical (unpaired) electrons. The maximum atomic E-state index is 11.6. The van der Waals surface area contributed by atoms with Gasteiger partial charge in [-0.2, -0.15) is 0 Å². The van der Waals surface area contributed by atoms with Crippen LogP contribution in [0.15, 0.2) is 25.3 Å². The van der Waals surface area contributed by atoms with Gasteiger partial charge in [0, 0.05) is 6.92 Å². The zero-order valence-electron chi connectivity index (χ0n) is 9.21. The largest absolute Gasteiger partial charge is 0.467 e. The number of carbonyl (C=O) groups excluding carboxylic acids is 2. The molecule has 0 aliphatic carbocycles. The third-order valence-electron chi connectivity index (χ3n) is 1.98. The average molecular weight is 211 g/mol. The van der Waals surface area contributed by atoms with Crippen LogP contribution in [0, 0.1) is 0 Å². The molecule has 0 unspecified atom stereocenters. The molecule has 0 rings (SSSR count). The van der Waals surface area contributed by atoms with Gasteiger partial charge in [0.2, 0.25) is 5.91 Å². The molecule has 0 aliphatic rings. The van der Waals surface area contributed by atoms with Crippen molar-refractivity contribution in [3.8, 4) is 0 Å². The lowest BCUT2D eigenvalue weighted by molar-refractivity contribution is -0.150. The summed E-state index contributed by atoms with van der Waals surface area (Å²) < 4.78 is 4.67. The van der Waals surface area contributed by atoms with E-state index in [1.165, 1.54) is 14.0 Å². The van der Waals surface area contributed by atoms with E-state index in [2.05, 4.69) is 23.2 Å². The van der Waals surface area contributed by atoms with Crippen LogP contribution in [0.3, 0.4) is 0 Å². The molecule has 0 saturated heterocycles. The highest BCUT2D eigenvalue weighted by molar-refractivity contribution is 5.87. The van der Waals surface area contributed by atoms with Crippen LogP contribution in [-0.4, -0.2) is 24.5 Å². The fourth-order valence-corrected chi connectivity index (χ4v) is 1.43. The molecule has 1 N–H and O–H groups in total. The molecule has 15 heavy (non-hydrogen) atoms. The van der Waals surface area contributed by atoms with Crippen molar-refractivity contribution in [1.82, 2.24) is 5.32 Å². The standard InChI is InChI=1S/C11H17NO3/c1-5-7-11(8-6-2,10(14)15-4)12-9(3)13/h5-6H,1-2,7-8H2,3-4H3,(H,12,13). The zero-order chi connectivity index (χ0) is 11.9. The topological polar surface area (TPSA) is 55.4 Å². The number of nitrogens with one attached hydrogen (secondary N) is 1. The Labute approximate surface area is 90.0 Å². The lowest BCUT2D eigenvalue weighted by atomic mass is 9.91. The van der Waals surface area contributed by atoms with Gasteiger partial charge in [-0.3, -0.25) is 4.79 Å². The van der Waals surface area contributed by atoms with E-state index in [0.29, 0.717) is 12.8 Å². The van der Waals surface area contributed by atoms with E-state index in [4.69, 9.17) is 0 Å². The molecule has 0 bridgehead atoms. The van der Waals surface area contributed by atoms with Crippen LogP contribution in [0.25, 0.3) is 0 Å². The first kappa shape index (κ1) is 13.4. The van der Waals surface area contributed by atoms with Gasteiger partial charge in [0.05, 0.1) is 7.11 Å². The first-order chi connectivity index (χ1) is 7.02. The summed E-state index contributed by atoms with van der Waals surface area (Å²) in [7, 11) is 1.28. The predicted octanol–water partition coefficient (Wildman–Crippen LogP) is 1.19. The van der Waals surface area contributed by atoms with Crippen LogP contribution in [-0.2, 0) is 14.3 Å². The van der Waals surface area contributed by atoms with Crippen molar-refractivity contribution >= 4 is 11.9 Å². The second-order valence-electron chi connectivity index (χ2n) is 3.24. The van der Waals surface area contributed by atoms with Crippen molar-refractivity contribution in [2.75, 3.05) is 7.11 Å². The van der Waals surface area contributed by atoms with Gasteiger partial charge >= 0.3 is 5.97 Å². The maximum Gasteiger partial charge on any atom is 0.332 e. The smallest absolute Gasteiger partial charge is 0.332 e. The van der Waals surface area contributed by atoms with E-state index in [9.17, 15) is 9.59 Å². The highest BCUT2D eigenvalue weighted by atomic mass is 16.5. The van der Waals surface area contributed by atoms with Crippen LogP contribution >= 0.6 is 0 Å². The van der Waals surface area contributed by atoms with Gasteiger partial charge in [-0.25, -0.2) is 4.79 Å². The van der Waals surface area contributed by atoms with E-state index in [0.717, 1.165) is 0 Å². The molecule has 0 spiro atoms. The summed E-state index contributed by atoms with van der Waals surface area (Å²) in [5.74, 6) is -0.776. The molecule has 0 saturated carbocycles. The first-order valence-corrected chi connectivity index (χ1v) is 4.61. The molecule has 0 aliphatic heterocycles. The molecule has 1 amide bonds. The molecule has 84 valence electrons. The van der Waals surface area contributed by atoms with E-state index < -0.39 is 11.5 Å². The van der Waals surface area contributed by atoms with Gasteiger partial charge in [-0.05, 0) is 12.8 Å². The Balaban J connectivity index is 5.03. The molecule has 4 heteroatoms. The number of rotatable bonds is 6. The van der Waals surface area contributed by atoms with Gasteiger partial charge in [-0.15, -0.1) is 13.2 Å². The van der Waals surface area contributed by atoms with Crippen molar-refractivity contribution in [2.45, 2.75) is 25.3 Å². The third kappa shape index (κ3) is 3.58. The Morgan fingerprint density at radius 2 is 1.80 bits per heavy atom. The van der Waals surface area contributed by atoms with E-state index in [1.807, 2.05) is 0 Å². The Bertz CT molecular complexity index is 261. The zero-order valence-corrected chi connectivity index (χ0v) is 9.21. The first-order valence-electron chi connectivity index (χ1n) is 4.61. The predicted molar refractivity (Wildman–Crippen MR) is 58.2 cm³/mol. The number of methoxy groups -OCH3 is 1. The van der Waals surface area contributed by atoms with Gasteiger partial charge in [0.1, 0.15) is 5.54 Å². The monoisotopic (exact) mass is 211 g/mol. The second kappa shape index (κ2) is 6.01. The normalized spacial score (nSPS) is 10.3. The summed E-state index contributed by atoms with van der Waals surface area (Å²) in [5.41, 5.74) is -1.07. The van der Waals surface area contributed by atoms with Crippen LogP contribution in [0.5, 0.6) is 0 Å². The Morgan fingerprint density at radius 3 is 2.07 bits per heavy atom. The van der Waals surface area contributed by atoms with Crippen LogP contribution in [0.4, 0.5) is 0 Å². The summed E-state index contributed by atoms with van der Waals surface area (Å²) in [4.78, 5) is 22.7. The molecular weight excluding hydrogens is 194 g/mol. The van der Waals surface area contributed by atoms with Crippen molar-refractivity contribution in [3.63, 3.8) is 0 Å². The molecule has 0 aromatic carbocycles. The molecular formula is C11H17NO3. The van der Waals surface area contributed by atoms with Gasteiger partial charge in [0.15, 0.2) is 0 Å². The molecule has 0 aromatic heterocycles. The van der Waals surface area contributed by atoms with Crippen molar-refractivity contribution < 1.29 is 14.3 Å². The van der Waals surface area contributed by atoms with Crippen LogP contribution in [0.2, 0.25) is 0 Å². The lowest BCUT2D eigenvalue weighted by Crippen LogP contribution is -2.54. The summed E-state index contributed by atoms with van der Waals surface area (Å²) >= 11 is 0. The molecule has 0 heterocycles. The summed E-state index contributed by atoms with van der Waals surface area (Å²) in [6.07, 6.45) is 3.75. The lowest BCUT2D eigenvalue weighted by Gasteiger charge is -2.29. The van der Waals surface area contributed by atoms with Crippen molar-refractivity contribution in [1.29, 1.82) is 0 Å². The number of ether oxygens (including phenoxy) is 1. The molecule has 0 fully saturated rings. The van der Waals surface area contributed by atoms with Crippen LogP contribution in [0.1, 0.15) is 19.8 Å². The minimum absolute atomic E-state index is 0.288. The second-order valence-corrected chi connectivity index (χ2v) is 3.24. The number of esters is 1. The maximum absolute atomic E-state index is 11.6. The van der Waals surface area contributed by atoms with Gasteiger partial charge in [0.25, 0.3) is 0 Å². The fraction of sp³-hybridized carbons (Fsp3) is 0.455. The minimum atomic E-state index is -1.07. The van der Waals surface area contributed by atoms with Crippen molar-refractivity contribution in [3.05, 3.63) is 25.3 Å². The fourth-order valence-electron chi connectivity index (χ4n) is 1.43. The number of carbonyl (C=O) groups is 2. The summed E-state index contributed by atoms with van der Waals surface area (Å²) in [6, 6.07) is 0. The summed E-state index contributed by atoms with van der Waals surface area (Å²) in [6.45, 7) is 8.47. The Hall–Kier alpha value is -1.58. The number of hydrogen-bond donors (Lipinski definition) is 1. The quantitative estimate of drug-likeness (QED) is 0.530.